The quantitative estimate of drug-likeness (QED) is 0.766. The predicted octanol–water partition coefficient (Wildman–Crippen LogP) is 5.22. The minimum atomic E-state index is 0.109. The second-order valence-corrected chi connectivity index (χ2v) is 6.49. The van der Waals surface area contributed by atoms with Gasteiger partial charge in [0.1, 0.15) is 0 Å². The van der Waals surface area contributed by atoms with Crippen molar-refractivity contribution in [3.8, 4) is 0 Å². The number of aryl methyl sites for hydroxylation is 1. The van der Waals surface area contributed by atoms with Gasteiger partial charge in [0.2, 0.25) is 0 Å². The zero-order valence-corrected chi connectivity index (χ0v) is 13.4. The molecule has 1 nitrogen and oxygen atoms in total. The standard InChI is InChI=1S/C17H20ClNS/c1-3-15(19)17(13-9-5-4-8-12(13)2)20-16-11-7-6-10-14(16)18/h4-11,15,17H,3,19H2,1-2H3. The average molecular weight is 306 g/mol. The van der Waals surface area contributed by atoms with Crippen molar-refractivity contribution in [1.29, 1.82) is 0 Å². The molecule has 0 fully saturated rings. The molecule has 2 atom stereocenters. The van der Waals surface area contributed by atoms with Gasteiger partial charge in [-0.05, 0) is 36.6 Å². The Hall–Kier alpha value is -0.960. The van der Waals surface area contributed by atoms with E-state index in [2.05, 4.69) is 44.2 Å². The molecule has 0 aliphatic carbocycles. The number of nitrogens with two attached hydrogens (primary N) is 1. The van der Waals surface area contributed by atoms with Crippen LogP contribution < -0.4 is 5.73 Å². The normalized spacial score (nSPS) is 14.0. The van der Waals surface area contributed by atoms with Gasteiger partial charge in [0.25, 0.3) is 0 Å². The summed E-state index contributed by atoms with van der Waals surface area (Å²) in [5.41, 5.74) is 8.93. The lowest BCUT2D eigenvalue weighted by molar-refractivity contribution is 0.632. The molecule has 2 aromatic carbocycles. The first-order valence-corrected chi connectivity index (χ1v) is 8.11. The van der Waals surface area contributed by atoms with Crippen LogP contribution in [0.15, 0.2) is 53.4 Å². The summed E-state index contributed by atoms with van der Waals surface area (Å²) in [5.74, 6) is 0. The molecule has 2 rings (SSSR count). The third kappa shape index (κ3) is 3.57. The highest BCUT2D eigenvalue weighted by Crippen LogP contribution is 2.41. The van der Waals surface area contributed by atoms with Gasteiger partial charge in [0.05, 0.1) is 5.02 Å². The van der Waals surface area contributed by atoms with Gasteiger partial charge < -0.3 is 5.73 Å². The maximum Gasteiger partial charge on any atom is 0.0542 e. The van der Waals surface area contributed by atoms with Crippen molar-refractivity contribution in [3.05, 3.63) is 64.7 Å². The van der Waals surface area contributed by atoms with E-state index in [4.69, 9.17) is 17.3 Å². The maximum absolute atomic E-state index is 6.35. The fraction of sp³-hybridized carbons (Fsp3) is 0.294. The molecule has 0 saturated heterocycles. The summed E-state index contributed by atoms with van der Waals surface area (Å²) in [6.07, 6.45) is 0.941. The van der Waals surface area contributed by atoms with Crippen LogP contribution in [-0.4, -0.2) is 6.04 Å². The van der Waals surface area contributed by atoms with Crippen LogP contribution in [0.2, 0.25) is 5.02 Å². The molecule has 0 saturated carbocycles. The summed E-state index contributed by atoms with van der Waals surface area (Å²) in [4.78, 5) is 1.09. The monoisotopic (exact) mass is 305 g/mol. The van der Waals surface area contributed by atoms with Crippen LogP contribution in [-0.2, 0) is 0 Å². The SMILES string of the molecule is CCC(N)C(Sc1ccccc1Cl)c1ccccc1C. The van der Waals surface area contributed by atoms with Gasteiger partial charge in [-0.2, -0.15) is 0 Å². The summed E-state index contributed by atoms with van der Waals surface area (Å²) in [6, 6.07) is 16.5. The second kappa shape index (κ2) is 7.16. The first kappa shape index (κ1) is 15.4. The van der Waals surface area contributed by atoms with E-state index in [0.29, 0.717) is 0 Å². The Kier molecular flexibility index (Phi) is 5.53. The fourth-order valence-electron chi connectivity index (χ4n) is 2.18. The first-order chi connectivity index (χ1) is 9.63. The van der Waals surface area contributed by atoms with E-state index in [-0.39, 0.29) is 11.3 Å². The molecule has 0 bridgehead atoms. The van der Waals surface area contributed by atoms with Crippen LogP contribution in [0.4, 0.5) is 0 Å². The van der Waals surface area contributed by atoms with Gasteiger partial charge in [-0.3, -0.25) is 0 Å². The highest BCUT2D eigenvalue weighted by atomic mass is 35.5. The van der Waals surface area contributed by atoms with E-state index in [9.17, 15) is 0 Å². The molecule has 2 unspecified atom stereocenters. The molecule has 106 valence electrons. The smallest absolute Gasteiger partial charge is 0.0542 e. The Morgan fingerprint density at radius 1 is 1.10 bits per heavy atom. The van der Waals surface area contributed by atoms with E-state index >= 15 is 0 Å². The largest absolute Gasteiger partial charge is 0.326 e. The molecule has 0 amide bonds. The number of thioether (sulfide) groups is 1. The van der Waals surface area contributed by atoms with Crippen LogP contribution >= 0.6 is 23.4 Å². The lowest BCUT2D eigenvalue weighted by Crippen LogP contribution is -2.26. The van der Waals surface area contributed by atoms with Gasteiger partial charge in [-0.1, -0.05) is 54.9 Å². The molecule has 3 heteroatoms. The van der Waals surface area contributed by atoms with Gasteiger partial charge in [0, 0.05) is 16.2 Å². The number of halogens is 1. The third-order valence-electron chi connectivity index (χ3n) is 3.45. The Labute approximate surface area is 130 Å². The van der Waals surface area contributed by atoms with Crippen LogP contribution in [0.5, 0.6) is 0 Å². The number of hydrogen-bond donors (Lipinski definition) is 1. The molecule has 2 N–H and O–H groups in total. The fourth-order valence-corrected chi connectivity index (χ4v) is 3.82. The maximum atomic E-state index is 6.35. The molecule has 0 aliphatic rings. The third-order valence-corrected chi connectivity index (χ3v) is 5.35. The van der Waals surface area contributed by atoms with Crippen molar-refractivity contribution in [2.45, 2.75) is 36.5 Å². The number of hydrogen-bond acceptors (Lipinski definition) is 2. The van der Waals surface area contributed by atoms with Crippen molar-refractivity contribution in [2.75, 3.05) is 0 Å². The summed E-state index contributed by atoms with van der Waals surface area (Å²) >= 11 is 8.04. The van der Waals surface area contributed by atoms with E-state index in [1.165, 1.54) is 11.1 Å². The molecule has 0 spiro atoms. The lowest BCUT2D eigenvalue weighted by atomic mass is 10.00. The predicted molar refractivity (Wildman–Crippen MR) is 89.5 cm³/mol. The van der Waals surface area contributed by atoms with Gasteiger partial charge in [-0.15, -0.1) is 11.8 Å². The molecule has 0 radical (unpaired) electrons. The van der Waals surface area contributed by atoms with Gasteiger partial charge in [-0.25, -0.2) is 0 Å². The number of rotatable bonds is 5. The Morgan fingerprint density at radius 3 is 2.40 bits per heavy atom. The van der Waals surface area contributed by atoms with Gasteiger partial charge in [0.15, 0.2) is 0 Å². The van der Waals surface area contributed by atoms with E-state index in [1.807, 2.05) is 18.2 Å². The zero-order valence-electron chi connectivity index (χ0n) is 11.8. The zero-order chi connectivity index (χ0) is 14.5. The Morgan fingerprint density at radius 2 is 1.75 bits per heavy atom. The molecular formula is C17H20ClNS. The minimum Gasteiger partial charge on any atom is -0.326 e. The highest BCUT2D eigenvalue weighted by Gasteiger charge is 2.22. The second-order valence-electron chi connectivity index (χ2n) is 4.90. The Balaban J connectivity index is 2.35. The first-order valence-electron chi connectivity index (χ1n) is 6.85. The summed E-state index contributed by atoms with van der Waals surface area (Å²) in [5, 5.41) is 1.01. The summed E-state index contributed by atoms with van der Waals surface area (Å²) < 4.78 is 0. The topological polar surface area (TPSA) is 26.0 Å². The van der Waals surface area contributed by atoms with E-state index in [1.54, 1.807) is 11.8 Å². The van der Waals surface area contributed by atoms with Crippen LogP contribution in [0, 0.1) is 6.92 Å². The van der Waals surface area contributed by atoms with Crippen molar-refractivity contribution in [2.24, 2.45) is 5.73 Å². The summed E-state index contributed by atoms with van der Waals surface area (Å²) in [6.45, 7) is 4.26. The van der Waals surface area contributed by atoms with E-state index in [0.717, 1.165) is 16.3 Å². The van der Waals surface area contributed by atoms with Gasteiger partial charge >= 0.3 is 0 Å². The molecular weight excluding hydrogens is 286 g/mol. The lowest BCUT2D eigenvalue weighted by Gasteiger charge is -2.25. The summed E-state index contributed by atoms with van der Waals surface area (Å²) in [7, 11) is 0. The van der Waals surface area contributed by atoms with Crippen molar-refractivity contribution in [3.63, 3.8) is 0 Å². The van der Waals surface area contributed by atoms with Crippen molar-refractivity contribution in [1.82, 2.24) is 0 Å². The Bertz CT molecular complexity index is 570. The molecule has 0 heterocycles. The highest BCUT2D eigenvalue weighted by molar-refractivity contribution is 7.99. The van der Waals surface area contributed by atoms with E-state index < -0.39 is 0 Å². The average Bonchev–Trinajstić information content (AvgIpc) is 2.47. The van der Waals surface area contributed by atoms with Crippen LogP contribution in [0.1, 0.15) is 29.7 Å². The number of benzene rings is 2. The van der Waals surface area contributed by atoms with Crippen molar-refractivity contribution >= 4 is 23.4 Å². The van der Waals surface area contributed by atoms with Crippen molar-refractivity contribution < 1.29 is 0 Å². The van der Waals surface area contributed by atoms with Crippen LogP contribution in [0.25, 0.3) is 0 Å². The minimum absolute atomic E-state index is 0.109. The molecule has 20 heavy (non-hydrogen) atoms. The molecule has 0 aliphatic heterocycles. The molecule has 0 aromatic heterocycles. The molecule has 2 aromatic rings. The van der Waals surface area contributed by atoms with Crippen LogP contribution in [0.3, 0.4) is 0 Å².